The molecule has 0 saturated carbocycles. The van der Waals surface area contributed by atoms with Gasteiger partial charge < -0.3 is 30.3 Å². The van der Waals surface area contributed by atoms with Gasteiger partial charge in [0, 0.05) is 0 Å². The number of hydrazine groups is 1. The van der Waals surface area contributed by atoms with E-state index in [2.05, 4.69) is 10.6 Å². The number of rotatable bonds is 9. The van der Waals surface area contributed by atoms with Crippen LogP contribution >= 0.6 is 0 Å². The van der Waals surface area contributed by atoms with Crippen molar-refractivity contribution in [1.82, 2.24) is 30.5 Å². The molecule has 0 aromatic heterocycles. The lowest BCUT2D eigenvalue weighted by atomic mass is 10.1. The van der Waals surface area contributed by atoms with Crippen LogP contribution in [0.3, 0.4) is 0 Å². The van der Waals surface area contributed by atoms with Crippen LogP contribution in [0, 0.1) is 0 Å². The third kappa shape index (κ3) is 9.47. The van der Waals surface area contributed by atoms with E-state index >= 15 is 0 Å². The molecule has 0 bridgehead atoms. The van der Waals surface area contributed by atoms with Crippen molar-refractivity contribution in [2.75, 3.05) is 6.54 Å². The highest BCUT2D eigenvalue weighted by molar-refractivity contribution is 7.88. The van der Waals surface area contributed by atoms with Gasteiger partial charge in [0.25, 0.3) is 11.8 Å². The van der Waals surface area contributed by atoms with Gasteiger partial charge in [-0.05, 0) is 44.0 Å². The van der Waals surface area contributed by atoms with E-state index in [1.807, 2.05) is 0 Å². The number of ether oxygens (including phenoxy) is 2. The number of phenols is 2. The number of phenolic OH excluding ortho intramolecular Hbond substituents is 2. The Morgan fingerprint density at radius 1 is 1.02 bits per heavy atom. The van der Waals surface area contributed by atoms with Crippen LogP contribution in [0.15, 0.2) is 48.5 Å². The largest absolute Gasteiger partial charge is 0.504 e. The predicted molar refractivity (Wildman–Crippen MR) is 146 cm³/mol. The fraction of sp³-hybridized carbons (Fsp3) is 0.320. The van der Waals surface area contributed by atoms with Crippen molar-refractivity contribution in [3.05, 3.63) is 59.7 Å². The zero-order valence-electron chi connectivity index (χ0n) is 23.1. The Balaban J connectivity index is 1.54. The molecule has 1 aliphatic heterocycles. The van der Waals surface area contributed by atoms with Crippen molar-refractivity contribution in [3.8, 4) is 11.5 Å². The van der Waals surface area contributed by atoms with Crippen LogP contribution in [0.2, 0.25) is 0 Å². The molecule has 3 rings (SSSR count). The second kappa shape index (κ2) is 13.3. The maximum Gasteiger partial charge on any atom is 0.408 e. The monoisotopic (exact) mass is 622 g/mol. The van der Waals surface area contributed by atoms with Crippen molar-refractivity contribution in [2.24, 2.45) is 0 Å². The lowest BCUT2D eigenvalue weighted by molar-refractivity contribution is -0.139. The molecule has 0 radical (unpaired) electrons. The molecule has 6 amide bonds. The van der Waals surface area contributed by atoms with E-state index in [0.29, 0.717) is 10.5 Å². The van der Waals surface area contributed by atoms with Crippen molar-refractivity contribution >= 4 is 40.2 Å². The second-order valence-corrected chi connectivity index (χ2v) is 11.5. The summed E-state index contributed by atoms with van der Waals surface area (Å²) in [5.74, 6) is -3.26. The van der Waals surface area contributed by atoms with E-state index in [-0.39, 0.29) is 18.7 Å². The van der Waals surface area contributed by atoms with Crippen molar-refractivity contribution < 1.29 is 52.1 Å². The molecule has 0 aliphatic carbocycles. The summed E-state index contributed by atoms with van der Waals surface area (Å²) in [7, 11) is -4.81. The van der Waals surface area contributed by atoms with E-state index in [9.17, 15) is 42.6 Å². The average molecular weight is 623 g/mol. The van der Waals surface area contributed by atoms with Gasteiger partial charge in [0.05, 0.1) is 6.54 Å². The van der Waals surface area contributed by atoms with E-state index in [0.717, 1.165) is 12.1 Å². The van der Waals surface area contributed by atoms with Gasteiger partial charge in [-0.1, -0.05) is 36.4 Å². The number of urea groups is 1. The highest BCUT2D eigenvalue weighted by Crippen LogP contribution is 2.28. The molecule has 2 aromatic rings. The molecule has 1 fully saturated rings. The molecule has 18 heteroatoms. The molecule has 1 aliphatic rings. The van der Waals surface area contributed by atoms with Crippen LogP contribution in [0.4, 0.5) is 14.4 Å². The molecule has 1 unspecified atom stereocenters. The summed E-state index contributed by atoms with van der Waals surface area (Å²) >= 11 is 0. The number of alkyl carbamates (subject to hydrolysis) is 2. The van der Waals surface area contributed by atoms with Crippen LogP contribution in [0.5, 0.6) is 11.5 Å². The summed E-state index contributed by atoms with van der Waals surface area (Å²) < 4.78 is 36.4. The molecule has 7 N–H and O–H groups in total. The van der Waals surface area contributed by atoms with Crippen LogP contribution in [0.25, 0.3) is 0 Å². The van der Waals surface area contributed by atoms with Gasteiger partial charge in [-0.25, -0.2) is 19.1 Å². The first-order valence-corrected chi connectivity index (χ1v) is 14.0. The number of nitrogens with one attached hydrogen (secondary N) is 5. The smallest absolute Gasteiger partial charge is 0.408 e. The van der Waals surface area contributed by atoms with Crippen molar-refractivity contribution in [1.29, 1.82) is 0 Å². The van der Waals surface area contributed by atoms with Gasteiger partial charge in [0.1, 0.15) is 24.3 Å². The minimum atomic E-state index is -4.81. The summed E-state index contributed by atoms with van der Waals surface area (Å²) in [5, 5.41) is 23.8. The minimum absolute atomic E-state index is 0.0600. The lowest BCUT2D eigenvalue weighted by Crippen LogP contribution is -2.68. The van der Waals surface area contributed by atoms with E-state index < -0.39 is 69.4 Å². The second-order valence-electron chi connectivity index (χ2n) is 10.0. The fourth-order valence-electron chi connectivity index (χ4n) is 3.45. The molecule has 2 atom stereocenters. The molecule has 232 valence electrons. The standard InChI is InChI=1S/C25H30N6O11S/c1-25(2,3)42-24(38)27-19(15-9-10-17(32)18(33)11-15)20(34)28-30-43(39,40)29-22(36)31-12-16(21(31)35)26-23(37)41-13-14-7-5-4-6-8-14/h4-11,16,19,30,32-33H,12-13H2,1-3H3,(H,26,37)(H,27,38)(H,28,34)(H,29,36)/t16-,19?/m0/s1. The molecular formula is C25H30N6O11S. The minimum Gasteiger partial charge on any atom is -0.504 e. The number of β-lactam (4-membered cyclic amide) rings is 1. The molecule has 0 spiro atoms. The van der Waals surface area contributed by atoms with Crippen LogP contribution in [0.1, 0.15) is 37.9 Å². The predicted octanol–water partition coefficient (Wildman–Crippen LogP) is 0.376. The van der Waals surface area contributed by atoms with Gasteiger partial charge in [0.2, 0.25) is 0 Å². The van der Waals surface area contributed by atoms with E-state index in [1.165, 1.54) is 10.8 Å². The molecule has 2 aromatic carbocycles. The molecule has 17 nitrogen and oxygen atoms in total. The van der Waals surface area contributed by atoms with Gasteiger partial charge >= 0.3 is 28.4 Å². The number of hydrogen-bond acceptors (Lipinski definition) is 11. The quantitative estimate of drug-likeness (QED) is 0.114. The summed E-state index contributed by atoms with van der Waals surface area (Å²) in [6.07, 6.45) is -1.99. The van der Waals surface area contributed by atoms with E-state index in [1.54, 1.807) is 61.4 Å². The van der Waals surface area contributed by atoms with E-state index in [4.69, 9.17) is 9.47 Å². The Morgan fingerprint density at radius 3 is 2.30 bits per heavy atom. The maximum atomic E-state index is 12.8. The number of imide groups is 1. The van der Waals surface area contributed by atoms with Crippen molar-refractivity contribution in [3.63, 3.8) is 0 Å². The Labute approximate surface area is 245 Å². The molecular weight excluding hydrogens is 592 g/mol. The number of aromatic hydroxyl groups is 2. The molecule has 1 saturated heterocycles. The summed E-state index contributed by atoms with van der Waals surface area (Å²) in [6, 6.07) is 7.71. The fourth-order valence-corrected chi connectivity index (χ4v) is 4.08. The summed E-state index contributed by atoms with van der Waals surface area (Å²) in [6.45, 7) is 4.26. The number of carbonyl (C=O) groups excluding carboxylic acids is 5. The van der Waals surface area contributed by atoms with Gasteiger partial charge in [-0.15, -0.1) is 4.83 Å². The first-order valence-electron chi connectivity index (χ1n) is 12.5. The number of hydrogen-bond donors (Lipinski definition) is 7. The summed E-state index contributed by atoms with van der Waals surface area (Å²) in [5.41, 5.74) is 1.47. The first-order chi connectivity index (χ1) is 20.0. The number of nitrogens with zero attached hydrogens (tertiary/aromatic N) is 1. The third-order valence-corrected chi connectivity index (χ3v) is 6.28. The highest BCUT2D eigenvalue weighted by Gasteiger charge is 2.43. The van der Waals surface area contributed by atoms with Crippen LogP contribution in [-0.4, -0.2) is 71.8 Å². The third-order valence-electron chi connectivity index (χ3n) is 5.47. The average Bonchev–Trinajstić information content (AvgIpc) is 2.92. The lowest BCUT2D eigenvalue weighted by Gasteiger charge is -2.36. The van der Waals surface area contributed by atoms with Gasteiger partial charge in [-0.2, -0.15) is 8.42 Å². The number of benzene rings is 2. The first kappa shape index (κ1) is 32.4. The maximum absolute atomic E-state index is 12.8. The zero-order chi connectivity index (χ0) is 31.9. The van der Waals surface area contributed by atoms with Gasteiger partial charge in [0.15, 0.2) is 11.5 Å². The number of carbonyl (C=O) groups is 5. The Bertz CT molecular complexity index is 1490. The topological polar surface area (TPSA) is 242 Å². The van der Waals surface area contributed by atoms with Crippen LogP contribution < -0.4 is 25.6 Å². The number of amides is 6. The highest BCUT2D eigenvalue weighted by atomic mass is 32.2. The zero-order valence-corrected chi connectivity index (χ0v) is 23.9. The molecule has 43 heavy (non-hydrogen) atoms. The Morgan fingerprint density at radius 2 is 1.70 bits per heavy atom. The summed E-state index contributed by atoms with van der Waals surface area (Å²) in [4.78, 5) is 63.8. The Kier molecular flexibility index (Phi) is 9.99. The normalized spacial score (nSPS) is 15.4. The molecule has 1 heterocycles. The van der Waals surface area contributed by atoms with Gasteiger partial charge in [-0.3, -0.25) is 19.9 Å². The SMILES string of the molecule is CC(C)(C)OC(=O)NC(C(=O)NNS(=O)(=O)NC(=O)N1C[C@H](NC(=O)OCc2ccccc2)C1=O)c1ccc(O)c(O)c1. The van der Waals surface area contributed by atoms with Crippen LogP contribution in [-0.2, 0) is 35.9 Å². The number of likely N-dealkylation sites (tertiary alicyclic amines) is 1. The Hall–Kier alpha value is -5.10. The van der Waals surface area contributed by atoms with Crippen molar-refractivity contribution in [2.45, 2.75) is 45.1 Å².